The smallest absolute Gasteiger partial charge is 0.306 e. The van der Waals surface area contributed by atoms with Crippen molar-refractivity contribution in [1.29, 1.82) is 21.0 Å². The third kappa shape index (κ3) is 4.75. The first kappa shape index (κ1) is 15.1. The van der Waals surface area contributed by atoms with Crippen molar-refractivity contribution >= 4 is 6.15 Å². The molecule has 0 saturated heterocycles. The highest BCUT2D eigenvalue weighted by Crippen LogP contribution is 1.93. The van der Waals surface area contributed by atoms with Gasteiger partial charge in [0.15, 0.2) is 0 Å². The van der Waals surface area contributed by atoms with Crippen molar-refractivity contribution in [1.82, 2.24) is 10.4 Å². The number of nitrogens with one attached hydrogen (secondary N) is 1. The van der Waals surface area contributed by atoms with Gasteiger partial charge in [0, 0.05) is 18.9 Å². The van der Waals surface area contributed by atoms with Crippen LogP contribution in [-0.2, 0) is 0 Å². The standard InChI is InChI=1S/C7H12N2.C4BN4/c1-2-6-9-7-4-3-5-8-9;6-1-5(2-7,3-8)4-9/h3-5,7-8H,2,6H2,1H3;/q;-1. The van der Waals surface area contributed by atoms with Gasteiger partial charge in [0.05, 0.1) is 0 Å². The van der Waals surface area contributed by atoms with E-state index in [9.17, 15) is 0 Å². The Hall–Kier alpha value is -2.90. The molecule has 1 rings (SSSR count). The molecule has 0 amide bonds. The summed E-state index contributed by atoms with van der Waals surface area (Å²) in [4.78, 5) is 0. The predicted molar refractivity (Wildman–Crippen MR) is 66.6 cm³/mol. The van der Waals surface area contributed by atoms with E-state index < -0.39 is 6.15 Å². The van der Waals surface area contributed by atoms with Crippen molar-refractivity contribution in [3.63, 3.8) is 0 Å². The highest BCUT2D eigenvalue weighted by Gasteiger charge is 2.22. The van der Waals surface area contributed by atoms with Gasteiger partial charge in [-0.3, -0.25) is 5.01 Å². The average molecular weight is 239 g/mol. The van der Waals surface area contributed by atoms with E-state index in [1.54, 1.807) is 0 Å². The topological polar surface area (TPSA) is 110 Å². The summed E-state index contributed by atoms with van der Waals surface area (Å²) in [5, 5.41) is 34.4. The van der Waals surface area contributed by atoms with Crippen LogP contribution in [0.5, 0.6) is 0 Å². The van der Waals surface area contributed by atoms with Crippen LogP contribution >= 0.6 is 0 Å². The molecule has 1 N–H and O–H groups in total. The van der Waals surface area contributed by atoms with Crippen molar-refractivity contribution in [2.24, 2.45) is 0 Å². The SMILES string of the molecule is CCCN1C=CC=CN1.N#C[B-](C#N)(C#N)C#N. The Morgan fingerprint density at radius 1 is 1.06 bits per heavy atom. The number of allylic oxidation sites excluding steroid dienone is 2. The highest BCUT2D eigenvalue weighted by atomic mass is 15.5. The molecule has 0 aliphatic carbocycles. The minimum absolute atomic E-state index is 1.07. The molecule has 0 fully saturated rings. The maximum absolute atomic E-state index is 8.09. The fourth-order valence-electron chi connectivity index (χ4n) is 0.944. The molecule has 7 heteroatoms. The summed E-state index contributed by atoms with van der Waals surface area (Å²) in [6.07, 6.45) is 6.41. The molecule has 90 valence electrons. The number of hydrogen-bond donors (Lipinski definition) is 1. The minimum Gasteiger partial charge on any atom is -0.306 e. The van der Waals surface area contributed by atoms with Crippen molar-refractivity contribution in [3.05, 3.63) is 24.6 Å². The van der Waals surface area contributed by atoms with Crippen LogP contribution in [0.25, 0.3) is 0 Å². The molecule has 1 aliphatic heterocycles. The van der Waals surface area contributed by atoms with Gasteiger partial charge in [0.2, 0.25) is 0 Å². The Labute approximate surface area is 107 Å². The van der Waals surface area contributed by atoms with Crippen LogP contribution < -0.4 is 5.43 Å². The molecule has 18 heavy (non-hydrogen) atoms. The Morgan fingerprint density at radius 2 is 1.61 bits per heavy atom. The summed E-state index contributed by atoms with van der Waals surface area (Å²) in [5.41, 5.74) is 3.09. The van der Waals surface area contributed by atoms with Gasteiger partial charge in [-0.05, 0) is 18.6 Å². The summed E-state index contributed by atoms with van der Waals surface area (Å²) in [7, 11) is 0. The summed E-state index contributed by atoms with van der Waals surface area (Å²) < 4.78 is 0. The number of hydrogen-bond acceptors (Lipinski definition) is 6. The second kappa shape index (κ2) is 8.28. The van der Waals surface area contributed by atoms with Gasteiger partial charge in [0.25, 0.3) is 0 Å². The lowest BCUT2D eigenvalue weighted by Crippen LogP contribution is -2.30. The third-order valence-corrected chi connectivity index (χ3v) is 1.95. The molecule has 0 spiro atoms. The van der Waals surface area contributed by atoms with Gasteiger partial charge in [-0.25, -0.2) is 21.0 Å². The number of nitrogens with zero attached hydrogens (tertiary/aromatic N) is 5. The lowest BCUT2D eigenvalue weighted by Gasteiger charge is -2.20. The van der Waals surface area contributed by atoms with Crippen molar-refractivity contribution in [3.8, 4) is 23.9 Å². The first-order valence-corrected chi connectivity index (χ1v) is 5.34. The van der Waals surface area contributed by atoms with Gasteiger partial charge < -0.3 is 5.43 Å². The van der Waals surface area contributed by atoms with E-state index in [2.05, 4.69) is 17.4 Å². The molecule has 0 aromatic heterocycles. The summed E-state index contributed by atoms with van der Waals surface area (Å²) in [6.45, 7) is 3.23. The predicted octanol–water partition coefficient (Wildman–Crippen LogP) is 0.930. The number of nitriles is 4. The second-order valence-corrected chi connectivity index (χ2v) is 3.41. The molecule has 0 radical (unpaired) electrons. The van der Waals surface area contributed by atoms with E-state index in [1.807, 2.05) is 24.6 Å². The van der Waals surface area contributed by atoms with Gasteiger partial charge in [-0.2, -0.15) is 0 Å². The van der Waals surface area contributed by atoms with Crippen LogP contribution in [0.15, 0.2) is 24.6 Å². The third-order valence-electron chi connectivity index (χ3n) is 1.95. The fraction of sp³-hybridized carbons (Fsp3) is 0.273. The van der Waals surface area contributed by atoms with Crippen LogP contribution in [0.2, 0.25) is 0 Å². The zero-order valence-corrected chi connectivity index (χ0v) is 10.0. The molecular weight excluding hydrogens is 227 g/mol. The maximum Gasteiger partial charge on any atom is 0.383 e. The van der Waals surface area contributed by atoms with Crippen molar-refractivity contribution < 1.29 is 0 Å². The number of rotatable bonds is 2. The van der Waals surface area contributed by atoms with E-state index >= 15 is 0 Å². The van der Waals surface area contributed by atoms with E-state index in [-0.39, 0.29) is 0 Å². The van der Waals surface area contributed by atoms with Crippen molar-refractivity contribution in [2.75, 3.05) is 6.54 Å². The second-order valence-electron chi connectivity index (χ2n) is 3.41. The largest absolute Gasteiger partial charge is 0.383 e. The van der Waals surface area contributed by atoms with Crippen LogP contribution in [0.3, 0.4) is 0 Å². The van der Waals surface area contributed by atoms with E-state index in [1.165, 1.54) is 30.3 Å². The normalized spacial score (nSPS) is 11.7. The molecule has 0 atom stereocenters. The first-order chi connectivity index (χ1) is 8.67. The highest BCUT2D eigenvalue weighted by molar-refractivity contribution is 7.05. The molecule has 0 unspecified atom stereocenters. The summed E-state index contributed by atoms with van der Waals surface area (Å²) in [6, 6.07) is 0. The average Bonchev–Trinajstić information content (AvgIpc) is 2.44. The van der Waals surface area contributed by atoms with E-state index in [4.69, 9.17) is 21.0 Å². The molecule has 0 saturated carbocycles. The molecule has 0 aromatic carbocycles. The van der Waals surface area contributed by atoms with Gasteiger partial charge in [-0.1, -0.05) is 6.92 Å². The Morgan fingerprint density at radius 3 is 1.89 bits per heavy atom. The molecule has 6 nitrogen and oxygen atoms in total. The van der Waals surface area contributed by atoms with Crippen LogP contribution in [-0.4, -0.2) is 17.7 Å². The minimum atomic E-state index is -2.72. The molecule has 1 heterocycles. The fourth-order valence-corrected chi connectivity index (χ4v) is 0.944. The molecule has 1 aliphatic rings. The maximum atomic E-state index is 8.09. The van der Waals surface area contributed by atoms with Crippen LogP contribution in [0.1, 0.15) is 13.3 Å². The van der Waals surface area contributed by atoms with Gasteiger partial charge >= 0.3 is 6.15 Å². The van der Waals surface area contributed by atoms with E-state index in [0.717, 1.165) is 6.54 Å². The Kier molecular flexibility index (Phi) is 6.95. The molecule has 0 aromatic rings. The zero-order valence-electron chi connectivity index (χ0n) is 10.0. The molecular formula is C11H12BN6-. The lowest BCUT2D eigenvalue weighted by atomic mass is 9.30. The summed E-state index contributed by atoms with van der Waals surface area (Å²) >= 11 is 0. The van der Waals surface area contributed by atoms with Gasteiger partial charge in [-0.15, -0.1) is 23.9 Å². The van der Waals surface area contributed by atoms with E-state index in [0.29, 0.717) is 0 Å². The number of hydrazine groups is 1. The van der Waals surface area contributed by atoms with Gasteiger partial charge in [0.1, 0.15) is 0 Å². The summed E-state index contributed by atoms with van der Waals surface area (Å²) in [5.74, 6) is 5.38. The molecule has 0 bridgehead atoms. The lowest BCUT2D eigenvalue weighted by molar-refractivity contribution is 0.313. The Bertz CT molecular complexity index is 420. The zero-order chi connectivity index (χ0) is 13.9. The van der Waals surface area contributed by atoms with Crippen LogP contribution in [0.4, 0.5) is 0 Å². The Balaban J connectivity index is 0.000000321. The first-order valence-electron chi connectivity index (χ1n) is 5.34. The van der Waals surface area contributed by atoms with Crippen LogP contribution in [0, 0.1) is 44.9 Å². The van der Waals surface area contributed by atoms with Crippen molar-refractivity contribution in [2.45, 2.75) is 13.3 Å². The monoisotopic (exact) mass is 239 g/mol. The quantitative estimate of drug-likeness (QED) is 0.717.